The van der Waals surface area contributed by atoms with E-state index >= 15 is 0 Å². The van der Waals surface area contributed by atoms with Gasteiger partial charge in [0.15, 0.2) is 17.6 Å². The molecule has 1 aliphatic heterocycles. The molecule has 0 radical (unpaired) electrons. The van der Waals surface area contributed by atoms with Crippen molar-refractivity contribution in [3.05, 3.63) is 90.0 Å². The Labute approximate surface area is 253 Å². The van der Waals surface area contributed by atoms with E-state index in [0.717, 1.165) is 16.0 Å². The summed E-state index contributed by atoms with van der Waals surface area (Å²) in [5.74, 6) is -8.18. The van der Waals surface area contributed by atoms with Crippen molar-refractivity contribution in [1.82, 2.24) is 4.90 Å². The Balaban J connectivity index is 1.68. The van der Waals surface area contributed by atoms with Gasteiger partial charge in [-0.1, -0.05) is 54.6 Å². The van der Waals surface area contributed by atoms with Crippen LogP contribution in [0.15, 0.2) is 78.9 Å². The zero-order valence-corrected chi connectivity index (χ0v) is 24.1. The highest BCUT2D eigenvalue weighted by atomic mass is 16.8. The Morgan fingerprint density at radius 3 is 2.14 bits per heavy atom. The number of aliphatic carboxylic acids is 3. The molecule has 0 aliphatic carbocycles. The van der Waals surface area contributed by atoms with Gasteiger partial charge in [-0.15, -0.1) is 0 Å². The second-order valence-electron chi connectivity index (χ2n) is 10.2. The Hall–Kier alpha value is -4.94. The number of rotatable bonds is 14. The van der Waals surface area contributed by atoms with E-state index in [-0.39, 0.29) is 0 Å². The summed E-state index contributed by atoms with van der Waals surface area (Å²) in [6, 6.07) is 23.3. The summed E-state index contributed by atoms with van der Waals surface area (Å²) in [7, 11) is 1.49. The van der Waals surface area contributed by atoms with Crippen molar-refractivity contribution in [1.29, 1.82) is 0 Å². The van der Waals surface area contributed by atoms with E-state index in [2.05, 4.69) is 0 Å². The summed E-state index contributed by atoms with van der Waals surface area (Å²) < 4.78 is 21.7. The minimum atomic E-state index is -3.08. The third-order valence-electron chi connectivity index (χ3n) is 7.42. The van der Waals surface area contributed by atoms with Crippen LogP contribution in [0.1, 0.15) is 30.4 Å². The molecule has 12 nitrogen and oxygen atoms in total. The van der Waals surface area contributed by atoms with Crippen molar-refractivity contribution >= 4 is 23.8 Å². The topological polar surface area (TPSA) is 169 Å². The van der Waals surface area contributed by atoms with Crippen LogP contribution in [0, 0.1) is 0 Å². The van der Waals surface area contributed by atoms with Crippen LogP contribution in [-0.2, 0) is 35.1 Å². The van der Waals surface area contributed by atoms with Crippen LogP contribution >= 0.6 is 0 Å². The molecule has 1 saturated heterocycles. The molecule has 0 bridgehead atoms. The van der Waals surface area contributed by atoms with Crippen molar-refractivity contribution < 1.29 is 53.4 Å². The molecule has 3 atom stereocenters. The number of carbonyl (C=O) groups excluding carboxylic acids is 1. The molecule has 4 rings (SSSR count). The lowest BCUT2D eigenvalue weighted by Crippen LogP contribution is -2.52. The summed E-state index contributed by atoms with van der Waals surface area (Å²) in [4.78, 5) is 50.0. The highest BCUT2D eigenvalue weighted by Gasteiger charge is 2.58. The van der Waals surface area contributed by atoms with Gasteiger partial charge in [-0.2, -0.15) is 0 Å². The second-order valence-corrected chi connectivity index (χ2v) is 10.2. The maximum atomic E-state index is 13.7. The molecule has 1 fully saturated rings. The fraction of sp³-hybridized carbons (Fsp3) is 0.312. The Bertz CT molecular complexity index is 1460. The van der Waals surface area contributed by atoms with Crippen molar-refractivity contribution in [3.8, 4) is 17.2 Å². The van der Waals surface area contributed by atoms with E-state index in [4.69, 9.17) is 18.9 Å². The van der Waals surface area contributed by atoms with Gasteiger partial charge in [-0.3, -0.25) is 9.59 Å². The lowest BCUT2D eigenvalue weighted by atomic mass is 9.85. The summed E-state index contributed by atoms with van der Waals surface area (Å²) in [6.07, 6.45) is -0.595. The average molecular weight is 608 g/mol. The summed E-state index contributed by atoms with van der Waals surface area (Å²) in [6.45, 7) is 0.240. The van der Waals surface area contributed by atoms with Gasteiger partial charge < -0.3 is 39.2 Å². The van der Waals surface area contributed by atoms with Crippen molar-refractivity contribution in [2.24, 2.45) is 0 Å². The number of amides is 1. The number of aryl methyl sites for hydroxylation is 1. The van der Waals surface area contributed by atoms with Crippen molar-refractivity contribution in [3.63, 3.8) is 0 Å². The molecule has 0 aromatic heterocycles. The molecule has 0 saturated carbocycles. The van der Waals surface area contributed by atoms with Crippen LogP contribution < -0.4 is 9.47 Å². The van der Waals surface area contributed by atoms with Crippen molar-refractivity contribution in [2.75, 3.05) is 20.3 Å². The standard InChI is InChI=1S/C32H33NO11/c1-20(33(18-28(34)35)29(36)27-19-42-32(44-27,30(37)38)31(39)40)24(15-13-21-9-5-3-6-10-21)22-14-16-25(26(17-22)41-2)43-23-11-7-4-8-12-23/h3-12,14,16-17,20,24,27H,13,15,18-19H2,1-2H3,(H,34,35)(H,37,38)(H,39,40)/t20-,24-,27-/m0/s1. The van der Waals surface area contributed by atoms with Gasteiger partial charge in [0.05, 0.1) is 13.7 Å². The maximum Gasteiger partial charge on any atom is 0.377 e. The van der Waals surface area contributed by atoms with Gasteiger partial charge >= 0.3 is 23.7 Å². The third-order valence-corrected chi connectivity index (χ3v) is 7.42. The third kappa shape index (κ3) is 7.16. The smallest absolute Gasteiger partial charge is 0.377 e. The summed E-state index contributed by atoms with van der Waals surface area (Å²) >= 11 is 0. The number of ether oxygens (including phenoxy) is 4. The van der Waals surface area contributed by atoms with E-state index < -0.39 is 60.8 Å². The van der Waals surface area contributed by atoms with E-state index in [1.807, 2.05) is 54.6 Å². The minimum absolute atomic E-state index is 0.416. The highest BCUT2D eigenvalue weighted by molar-refractivity contribution is 6.01. The van der Waals surface area contributed by atoms with E-state index in [1.165, 1.54) is 7.11 Å². The molecular weight excluding hydrogens is 574 g/mol. The van der Waals surface area contributed by atoms with Crippen LogP contribution in [-0.4, -0.2) is 82.2 Å². The Kier molecular flexibility index (Phi) is 10.2. The lowest BCUT2D eigenvalue weighted by Gasteiger charge is -2.35. The summed E-state index contributed by atoms with van der Waals surface area (Å²) in [5, 5.41) is 28.6. The van der Waals surface area contributed by atoms with Gasteiger partial charge in [-0.05, 0) is 55.2 Å². The first kappa shape index (κ1) is 32.0. The molecule has 3 aromatic carbocycles. The molecule has 1 amide bonds. The predicted octanol–water partition coefficient (Wildman–Crippen LogP) is 3.79. The van der Waals surface area contributed by atoms with E-state index in [0.29, 0.717) is 30.1 Å². The monoisotopic (exact) mass is 607 g/mol. The van der Waals surface area contributed by atoms with E-state index in [9.17, 15) is 34.5 Å². The normalized spacial score (nSPS) is 16.8. The van der Waals surface area contributed by atoms with Gasteiger partial charge in [0.1, 0.15) is 12.3 Å². The first-order valence-electron chi connectivity index (χ1n) is 13.8. The zero-order chi connectivity index (χ0) is 31.9. The zero-order valence-electron chi connectivity index (χ0n) is 24.1. The molecule has 3 aromatic rings. The fourth-order valence-corrected chi connectivity index (χ4v) is 5.14. The maximum absolute atomic E-state index is 13.7. The number of nitrogens with zero attached hydrogens (tertiary/aromatic N) is 1. The SMILES string of the molecule is COc1cc([C@@H](CCc2ccccc2)[C@H](C)N(CC(=O)O)C(=O)[C@@H]2COC(C(=O)O)(C(=O)O)O2)ccc1Oc1ccccc1. The molecule has 0 spiro atoms. The number of hydrogen-bond donors (Lipinski definition) is 3. The van der Waals surface area contributed by atoms with Gasteiger partial charge in [-0.25, -0.2) is 9.59 Å². The number of carboxylic acid groups (broad SMARTS) is 3. The van der Waals surface area contributed by atoms with E-state index in [1.54, 1.807) is 31.2 Å². The first-order valence-corrected chi connectivity index (χ1v) is 13.8. The quantitative estimate of drug-likeness (QED) is 0.228. The minimum Gasteiger partial charge on any atom is -0.493 e. The van der Waals surface area contributed by atoms with Gasteiger partial charge in [0.2, 0.25) is 0 Å². The number of carboxylic acids is 3. The molecule has 12 heteroatoms. The number of para-hydroxylation sites is 1. The Morgan fingerprint density at radius 1 is 0.932 bits per heavy atom. The van der Waals surface area contributed by atoms with Crippen LogP contribution in [0.5, 0.6) is 17.2 Å². The summed E-state index contributed by atoms with van der Waals surface area (Å²) in [5.41, 5.74) is 1.75. The molecule has 3 N–H and O–H groups in total. The molecule has 232 valence electrons. The molecule has 44 heavy (non-hydrogen) atoms. The second kappa shape index (κ2) is 14.0. The number of hydrogen-bond acceptors (Lipinski definition) is 8. The van der Waals surface area contributed by atoms with Crippen LogP contribution in [0.3, 0.4) is 0 Å². The number of carbonyl (C=O) groups is 4. The Morgan fingerprint density at radius 2 is 1.57 bits per heavy atom. The first-order chi connectivity index (χ1) is 21.1. The number of methoxy groups -OCH3 is 1. The predicted molar refractivity (Wildman–Crippen MR) is 155 cm³/mol. The van der Waals surface area contributed by atoms with Crippen LogP contribution in [0.25, 0.3) is 0 Å². The van der Waals surface area contributed by atoms with Crippen molar-refractivity contribution in [2.45, 2.75) is 43.6 Å². The fourth-order valence-electron chi connectivity index (χ4n) is 5.14. The molecular formula is C32H33NO11. The highest BCUT2D eigenvalue weighted by Crippen LogP contribution is 2.38. The van der Waals surface area contributed by atoms with Crippen LogP contribution in [0.2, 0.25) is 0 Å². The lowest BCUT2D eigenvalue weighted by molar-refractivity contribution is -0.218. The largest absolute Gasteiger partial charge is 0.493 e. The van der Waals surface area contributed by atoms with Gasteiger partial charge in [0.25, 0.3) is 5.91 Å². The van der Waals surface area contributed by atoms with Gasteiger partial charge in [0, 0.05) is 12.0 Å². The number of benzene rings is 3. The molecule has 1 heterocycles. The molecule has 0 unspecified atom stereocenters. The van der Waals surface area contributed by atoms with Crippen LogP contribution in [0.4, 0.5) is 0 Å². The average Bonchev–Trinajstić information content (AvgIpc) is 3.49. The molecule has 1 aliphatic rings.